The third-order valence-electron chi connectivity index (χ3n) is 3.75. The van der Waals surface area contributed by atoms with Crippen LogP contribution in [0.3, 0.4) is 0 Å². The molecular weight excluding hydrogens is 325 g/mol. The summed E-state index contributed by atoms with van der Waals surface area (Å²) in [4.78, 5) is 25.4. The maximum atomic E-state index is 12.8. The molecular formula is C16H19F3N2O3. The van der Waals surface area contributed by atoms with E-state index in [2.05, 4.69) is 5.32 Å². The first-order valence-corrected chi connectivity index (χ1v) is 7.64. The molecule has 0 aromatic heterocycles. The van der Waals surface area contributed by atoms with Gasteiger partial charge in [-0.15, -0.1) is 0 Å². The second-order valence-electron chi connectivity index (χ2n) is 5.48. The van der Waals surface area contributed by atoms with E-state index in [9.17, 15) is 22.8 Å². The molecule has 1 heterocycles. The van der Waals surface area contributed by atoms with Crippen molar-refractivity contribution in [2.75, 3.05) is 19.7 Å². The van der Waals surface area contributed by atoms with Crippen LogP contribution in [0.5, 0.6) is 0 Å². The highest BCUT2D eigenvalue weighted by Gasteiger charge is 2.33. The van der Waals surface area contributed by atoms with Crippen LogP contribution < -0.4 is 5.32 Å². The van der Waals surface area contributed by atoms with Crippen molar-refractivity contribution in [2.45, 2.75) is 32.1 Å². The minimum atomic E-state index is -4.42. The normalized spacial score (nSPS) is 19.0. The zero-order chi connectivity index (χ0) is 17.7. The van der Waals surface area contributed by atoms with Crippen LogP contribution >= 0.6 is 0 Å². The van der Waals surface area contributed by atoms with E-state index < -0.39 is 23.8 Å². The fraction of sp³-hybridized carbons (Fsp3) is 0.500. The molecule has 0 spiro atoms. The lowest BCUT2D eigenvalue weighted by Gasteiger charge is -2.34. The van der Waals surface area contributed by atoms with E-state index >= 15 is 0 Å². The standard InChI is InChI=1S/C16H19F3N2O3/c1-2-24-14(22)9-13-15(23)20-6-7-21(13)10-11-4-3-5-12(8-11)16(17,18)19/h3-5,8,13H,2,6-7,9-10H2,1H3,(H,20,23)/t13-/m1/s1. The van der Waals surface area contributed by atoms with Crippen LogP contribution in [0.15, 0.2) is 24.3 Å². The van der Waals surface area contributed by atoms with Crippen molar-refractivity contribution in [2.24, 2.45) is 0 Å². The Morgan fingerprint density at radius 2 is 2.17 bits per heavy atom. The van der Waals surface area contributed by atoms with Crippen molar-refractivity contribution in [3.63, 3.8) is 0 Å². The number of benzene rings is 1. The van der Waals surface area contributed by atoms with E-state index in [4.69, 9.17) is 4.74 Å². The number of nitrogens with zero attached hydrogens (tertiary/aromatic N) is 1. The van der Waals surface area contributed by atoms with Crippen molar-refractivity contribution in [3.8, 4) is 0 Å². The zero-order valence-electron chi connectivity index (χ0n) is 13.2. The highest BCUT2D eigenvalue weighted by atomic mass is 19.4. The van der Waals surface area contributed by atoms with E-state index in [-0.39, 0.29) is 25.5 Å². The summed E-state index contributed by atoms with van der Waals surface area (Å²) in [5.41, 5.74) is -0.295. The number of amides is 1. The fourth-order valence-electron chi connectivity index (χ4n) is 2.63. The molecule has 1 aliphatic rings. The third-order valence-corrected chi connectivity index (χ3v) is 3.75. The van der Waals surface area contributed by atoms with Crippen molar-refractivity contribution >= 4 is 11.9 Å². The second-order valence-corrected chi connectivity index (χ2v) is 5.48. The predicted octanol–water partition coefficient (Wildman–Crippen LogP) is 1.96. The molecule has 1 amide bonds. The Kier molecular flexibility index (Phi) is 5.82. The first-order valence-electron chi connectivity index (χ1n) is 7.64. The first-order chi connectivity index (χ1) is 11.3. The largest absolute Gasteiger partial charge is 0.466 e. The van der Waals surface area contributed by atoms with Gasteiger partial charge in [-0.25, -0.2) is 0 Å². The number of alkyl halides is 3. The smallest absolute Gasteiger partial charge is 0.416 e. The fourth-order valence-corrected chi connectivity index (χ4v) is 2.63. The van der Waals surface area contributed by atoms with Crippen LogP contribution in [0.2, 0.25) is 0 Å². The Hall–Kier alpha value is -2.09. The minimum Gasteiger partial charge on any atom is -0.466 e. The highest BCUT2D eigenvalue weighted by molar-refractivity contribution is 5.87. The number of hydrogen-bond donors (Lipinski definition) is 1. The van der Waals surface area contributed by atoms with Gasteiger partial charge in [0.1, 0.15) is 6.04 Å². The third kappa shape index (κ3) is 4.70. The van der Waals surface area contributed by atoms with Crippen LogP contribution in [0, 0.1) is 0 Å². The second kappa shape index (κ2) is 7.65. The number of rotatable bonds is 5. The molecule has 1 saturated heterocycles. The van der Waals surface area contributed by atoms with Crippen molar-refractivity contribution in [1.82, 2.24) is 10.2 Å². The maximum Gasteiger partial charge on any atom is 0.416 e. The Balaban J connectivity index is 2.13. The number of ether oxygens (including phenoxy) is 1. The van der Waals surface area contributed by atoms with Crippen LogP contribution in [-0.4, -0.2) is 42.5 Å². The zero-order valence-corrected chi connectivity index (χ0v) is 13.2. The molecule has 0 radical (unpaired) electrons. The number of halogens is 3. The summed E-state index contributed by atoms with van der Waals surface area (Å²) >= 11 is 0. The first kappa shape index (κ1) is 18.3. The van der Waals surface area contributed by atoms with Gasteiger partial charge in [0.25, 0.3) is 0 Å². The highest BCUT2D eigenvalue weighted by Crippen LogP contribution is 2.30. The van der Waals surface area contributed by atoms with Crippen molar-refractivity contribution < 1.29 is 27.5 Å². The number of carbonyl (C=O) groups is 2. The quantitative estimate of drug-likeness (QED) is 0.830. The summed E-state index contributed by atoms with van der Waals surface area (Å²) in [7, 11) is 0. The van der Waals surface area contributed by atoms with Gasteiger partial charge in [0.15, 0.2) is 0 Å². The topological polar surface area (TPSA) is 58.6 Å². The molecule has 1 aromatic carbocycles. The Bertz CT molecular complexity index is 604. The number of nitrogens with one attached hydrogen (secondary N) is 1. The SMILES string of the molecule is CCOC(=O)C[C@@H]1C(=O)NCCN1Cc1cccc(C(F)(F)F)c1. The van der Waals surface area contributed by atoms with E-state index in [1.807, 2.05) is 0 Å². The molecule has 0 unspecified atom stereocenters. The summed E-state index contributed by atoms with van der Waals surface area (Å²) in [5, 5.41) is 2.66. The predicted molar refractivity (Wildman–Crippen MR) is 79.9 cm³/mol. The molecule has 0 saturated carbocycles. The number of carbonyl (C=O) groups excluding carboxylic acids is 2. The molecule has 1 atom stereocenters. The molecule has 1 aromatic rings. The molecule has 0 aliphatic carbocycles. The average molecular weight is 344 g/mol. The molecule has 2 rings (SSSR count). The monoisotopic (exact) mass is 344 g/mol. The maximum absolute atomic E-state index is 12.8. The van der Waals surface area contributed by atoms with Gasteiger partial charge >= 0.3 is 12.1 Å². The molecule has 8 heteroatoms. The van der Waals surface area contributed by atoms with Crippen LogP contribution in [-0.2, 0) is 27.0 Å². The van der Waals surface area contributed by atoms with Crippen molar-refractivity contribution in [3.05, 3.63) is 35.4 Å². The van der Waals surface area contributed by atoms with Gasteiger partial charge in [0.2, 0.25) is 5.91 Å². The molecule has 5 nitrogen and oxygen atoms in total. The Labute approximate surface area is 137 Å². The lowest BCUT2D eigenvalue weighted by atomic mass is 10.1. The van der Waals surface area contributed by atoms with E-state index in [1.54, 1.807) is 17.9 Å². The van der Waals surface area contributed by atoms with Crippen LogP contribution in [0.25, 0.3) is 0 Å². The summed E-state index contributed by atoms with van der Waals surface area (Å²) in [6.45, 7) is 2.87. The van der Waals surface area contributed by atoms with Gasteiger partial charge in [0, 0.05) is 19.6 Å². The molecule has 1 N–H and O–H groups in total. The van der Waals surface area contributed by atoms with Gasteiger partial charge in [-0.1, -0.05) is 18.2 Å². The Morgan fingerprint density at radius 3 is 2.83 bits per heavy atom. The number of piperazine rings is 1. The molecule has 132 valence electrons. The Morgan fingerprint density at radius 1 is 1.42 bits per heavy atom. The van der Waals surface area contributed by atoms with E-state index in [1.165, 1.54) is 6.07 Å². The molecule has 0 bridgehead atoms. The average Bonchev–Trinajstić information content (AvgIpc) is 2.50. The summed E-state index contributed by atoms with van der Waals surface area (Å²) in [5.74, 6) is -0.824. The van der Waals surface area contributed by atoms with Gasteiger partial charge in [-0.05, 0) is 18.6 Å². The number of hydrogen-bond acceptors (Lipinski definition) is 4. The number of esters is 1. The van der Waals surface area contributed by atoms with Gasteiger partial charge in [-0.3, -0.25) is 14.5 Å². The van der Waals surface area contributed by atoms with Crippen LogP contribution in [0.1, 0.15) is 24.5 Å². The van der Waals surface area contributed by atoms with E-state index in [0.29, 0.717) is 18.7 Å². The molecule has 1 aliphatic heterocycles. The van der Waals surface area contributed by atoms with Crippen molar-refractivity contribution in [1.29, 1.82) is 0 Å². The summed E-state index contributed by atoms with van der Waals surface area (Å²) in [6, 6.07) is 4.23. The minimum absolute atomic E-state index is 0.126. The van der Waals surface area contributed by atoms with E-state index in [0.717, 1.165) is 12.1 Å². The van der Waals surface area contributed by atoms with Gasteiger partial charge in [-0.2, -0.15) is 13.2 Å². The molecule has 24 heavy (non-hydrogen) atoms. The molecule has 1 fully saturated rings. The van der Waals surface area contributed by atoms with Gasteiger partial charge < -0.3 is 10.1 Å². The lowest BCUT2D eigenvalue weighted by molar-refractivity contribution is -0.148. The van der Waals surface area contributed by atoms with Gasteiger partial charge in [0.05, 0.1) is 18.6 Å². The summed E-state index contributed by atoms with van der Waals surface area (Å²) in [6.07, 6.45) is -4.54. The lowest BCUT2D eigenvalue weighted by Crippen LogP contribution is -2.55. The summed E-state index contributed by atoms with van der Waals surface area (Å²) < 4.78 is 43.3. The van der Waals surface area contributed by atoms with Crippen LogP contribution in [0.4, 0.5) is 13.2 Å².